The van der Waals surface area contributed by atoms with Gasteiger partial charge in [0.15, 0.2) is 0 Å². The summed E-state index contributed by atoms with van der Waals surface area (Å²) in [4.78, 5) is 14.4. The predicted molar refractivity (Wildman–Crippen MR) is 83.2 cm³/mol. The average molecular weight is 288 g/mol. The smallest absolute Gasteiger partial charge is 0.238 e. The number of aliphatic hydroxyl groups is 1. The molecule has 0 spiro atoms. The molecule has 1 amide bonds. The maximum Gasteiger partial charge on any atom is 0.238 e. The van der Waals surface area contributed by atoms with Gasteiger partial charge in [-0.25, -0.2) is 0 Å². The van der Waals surface area contributed by atoms with Crippen molar-refractivity contribution >= 4 is 11.6 Å². The van der Waals surface area contributed by atoms with E-state index in [1.54, 1.807) is 0 Å². The van der Waals surface area contributed by atoms with Crippen molar-refractivity contribution < 1.29 is 9.90 Å². The van der Waals surface area contributed by atoms with E-state index in [2.05, 4.69) is 16.3 Å². The highest BCUT2D eigenvalue weighted by Gasteiger charge is 2.41. The van der Waals surface area contributed by atoms with Crippen LogP contribution < -0.4 is 5.32 Å². The lowest BCUT2D eigenvalue weighted by Gasteiger charge is -2.18. The number of amides is 1. The van der Waals surface area contributed by atoms with E-state index in [0.29, 0.717) is 18.4 Å². The van der Waals surface area contributed by atoms with Crippen LogP contribution in [0, 0.1) is 25.7 Å². The predicted octanol–water partition coefficient (Wildman–Crippen LogP) is 1.94. The summed E-state index contributed by atoms with van der Waals surface area (Å²) in [5, 5.41) is 12.9. The molecule has 3 atom stereocenters. The van der Waals surface area contributed by atoms with Crippen LogP contribution in [0.2, 0.25) is 0 Å². The number of hydrogen-bond acceptors (Lipinski definition) is 3. The monoisotopic (exact) mass is 288 g/mol. The second-order valence-electron chi connectivity index (χ2n) is 6.63. The van der Waals surface area contributed by atoms with Crippen LogP contribution in [0.5, 0.6) is 0 Å². The highest BCUT2D eigenvalue weighted by atomic mass is 16.3. The number of fused-ring (bicyclic) bond motifs is 1. The first-order chi connectivity index (χ1) is 10.0. The Morgan fingerprint density at radius 1 is 1.33 bits per heavy atom. The van der Waals surface area contributed by atoms with Crippen molar-refractivity contribution in [1.29, 1.82) is 0 Å². The zero-order valence-corrected chi connectivity index (χ0v) is 12.8. The van der Waals surface area contributed by atoms with Crippen molar-refractivity contribution in [3.63, 3.8) is 0 Å². The van der Waals surface area contributed by atoms with Gasteiger partial charge in [-0.05, 0) is 44.2 Å². The molecule has 1 aliphatic carbocycles. The Morgan fingerprint density at radius 2 is 2.14 bits per heavy atom. The second kappa shape index (κ2) is 5.78. The van der Waals surface area contributed by atoms with E-state index in [1.807, 2.05) is 26.0 Å². The SMILES string of the molecule is Cc1ccc(NC(=O)CN2CC3CCC(O)C3C2)c(C)c1. The fraction of sp³-hybridized carbons (Fsp3) is 0.588. The van der Waals surface area contributed by atoms with Crippen LogP contribution >= 0.6 is 0 Å². The van der Waals surface area contributed by atoms with Crippen molar-refractivity contribution in [2.45, 2.75) is 32.8 Å². The third-order valence-electron chi connectivity index (χ3n) is 4.92. The van der Waals surface area contributed by atoms with Gasteiger partial charge in [0.25, 0.3) is 0 Å². The maximum atomic E-state index is 12.2. The molecule has 3 rings (SSSR count). The van der Waals surface area contributed by atoms with Gasteiger partial charge in [0, 0.05) is 24.7 Å². The molecule has 0 aromatic heterocycles. The summed E-state index contributed by atoms with van der Waals surface area (Å²) in [6.45, 7) is 6.29. The number of aliphatic hydroxyl groups excluding tert-OH is 1. The van der Waals surface area contributed by atoms with Crippen LogP contribution in [0.15, 0.2) is 18.2 Å². The number of aryl methyl sites for hydroxylation is 2. The molecule has 3 unspecified atom stereocenters. The molecule has 21 heavy (non-hydrogen) atoms. The van der Waals surface area contributed by atoms with Crippen molar-refractivity contribution in [3.8, 4) is 0 Å². The molecule has 1 heterocycles. The molecule has 1 aliphatic heterocycles. The lowest BCUT2D eigenvalue weighted by Crippen LogP contribution is -2.33. The molecule has 0 radical (unpaired) electrons. The zero-order chi connectivity index (χ0) is 15.0. The Bertz CT molecular complexity index is 544. The first-order valence-corrected chi connectivity index (χ1v) is 7.80. The standard InChI is InChI=1S/C17H24N2O2/c1-11-3-5-15(12(2)7-11)18-17(21)10-19-8-13-4-6-16(20)14(13)9-19/h3,5,7,13-14,16,20H,4,6,8-10H2,1-2H3,(H,18,21). The number of carbonyl (C=O) groups is 1. The molecule has 1 saturated heterocycles. The topological polar surface area (TPSA) is 52.6 Å². The van der Waals surface area contributed by atoms with Crippen molar-refractivity contribution in [3.05, 3.63) is 29.3 Å². The normalized spacial score (nSPS) is 28.6. The van der Waals surface area contributed by atoms with Crippen LogP contribution in [-0.4, -0.2) is 41.7 Å². The van der Waals surface area contributed by atoms with Crippen LogP contribution in [-0.2, 0) is 4.79 Å². The van der Waals surface area contributed by atoms with Crippen molar-refractivity contribution in [2.24, 2.45) is 11.8 Å². The summed E-state index contributed by atoms with van der Waals surface area (Å²) >= 11 is 0. The molecule has 0 bridgehead atoms. The number of hydrogen-bond donors (Lipinski definition) is 2. The lowest BCUT2D eigenvalue weighted by molar-refractivity contribution is -0.117. The Labute approximate surface area is 126 Å². The minimum Gasteiger partial charge on any atom is -0.393 e. The third-order valence-corrected chi connectivity index (χ3v) is 4.92. The number of carbonyl (C=O) groups excluding carboxylic acids is 1. The van der Waals surface area contributed by atoms with E-state index < -0.39 is 0 Å². The van der Waals surface area contributed by atoms with Gasteiger partial charge < -0.3 is 10.4 Å². The Hall–Kier alpha value is -1.39. The van der Waals surface area contributed by atoms with E-state index >= 15 is 0 Å². The summed E-state index contributed by atoms with van der Waals surface area (Å²) in [5.41, 5.74) is 3.19. The van der Waals surface area contributed by atoms with Crippen LogP contribution in [0.25, 0.3) is 0 Å². The Balaban J connectivity index is 1.55. The molecule has 2 N–H and O–H groups in total. The molecule has 1 saturated carbocycles. The third kappa shape index (κ3) is 3.11. The molecule has 114 valence electrons. The van der Waals surface area contributed by atoms with Crippen LogP contribution in [0.4, 0.5) is 5.69 Å². The first kappa shape index (κ1) is 14.5. The summed E-state index contributed by atoms with van der Waals surface area (Å²) < 4.78 is 0. The number of nitrogens with zero attached hydrogens (tertiary/aromatic N) is 1. The molecule has 4 heteroatoms. The molecular weight excluding hydrogens is 264 g/mol. The second-order valence-corrected chi connectivity index (χ2v) is 6.63. The molecule has 4 nitrogen and oxygen atoms in total. The minimum absolute atomic E-state index is 0.0383. The van der Waals surface area contributed by atoms with Gasteiger partial charge in [0.2, 0.25) is 5.91 Å². The van der Waals surface area contributed by atoms with Gasteiger partial charge in [-0.2, -0.15) is 0 Å². The molecule has 1 aromatic carbocycles. The number of nitrogens with one attached hydrogen (secondary N) is 1. The molecule has 1 aromatic rings. The molecule has 2 aliphatic rings. The number of anilines is 1. The summed E-state index contributed by atoms with van der Waals surface area (Å²) in [5.74, 6) is 0.990. The summed E-state index contributed by atoms with van der Waals surface area (Å²) in [6, 6.07) is 6.05. The van der Waals surface area contributed by atoms with Gasteiger partial charge in [-0.15, -0.1) is 0 Å². The lowest BCUT2D eigenvalue weighted by atomic mass is 10.00. The first-order valence-electron chi connectivity index (χ1n) is 7.80. The summed E-state index contributed by atoms with van der Waals surface area (Å²) in [7, 11) is 0. The molecular formula is C17H24N2O2. The van der Waals surface area contributed by atoms with E-state index in [4.69, 9.17) is 0 Å². The number of benzene rings is 1. The highest BCUT2D eigenvalue weighted by molar-refractivity contribution is 5.93. The minimum atomic E-state index is -0.164. The fourth-order valence-electron chi connectivity index (χ4n) is 3.80. The van der Waals surface area contributed by atoms with Crippen molar-refractivity contribution in [2.75, 3.05) is 25.0 Å². The largest absolute Gasteiger partial charge is 0.393 e. The zero-order valence-electron chi connectivity index (χ0n) is 12.8. The van der Waals surface area contributed by atoms with Crippen LogP contribution in [0.3, 0.4) is 0 Å². The van der Waals surface area contributed by atoms with Gasteiger partial charge in [0.05, 0.1) is 12.6 Å². The van der Waals surface area contributed by atoms with Crippen molar-refractivity contribution in [1.82, 2.24) is 4.90 Å². The highest BCUT2D eigenvalue weighted by Crippen LogP contribution is 2.37. The Kier molecular flexibility index (Phi) is 4.00. The fourth-order valence-corrected chi connectivity index (χ4v) is 3.80. The van der Waals surface area contributed by atoms with E-state index in [0.717, 1.165) is 37.2 Å². The van der Waals surface area contributed by atoms with Gasteiger partial charge >= 0.3 is 0 Å². The van der Waals surface area contributed by atoms with Gasteiger partial charge in [0.1, 0.15) is 0 Å². The van der Waals surface area contributed by atoms with Gasteiger partial charge in [-0.3, -0.25) is 9.69 Å². The maximum absolute atomic E-state index is 12.2. The van der Waals surface area contributed by atoms with Crippen LogP contribution in [0.1, 0.15) is 24.0 Å². The number of likely N-dealkylation sites (tertiary alicyclic amines) is 1. The van der Waals surface area contributed by atoms with E-state index in [9.17, 15) is 9.90 Å². The Morgan fingerprint density at radius 3 is 2.86 bits per heavy atom. The van der Waals surface area contributed by atoms with E-state index in [-0.39, 0.29) is 12.0 Å². The van der Waals surface area contributed by atoms with E-state index in [1.165, 1.54) is 5.56 Å². The quantitative estimate of drug-likeness (QED) is 0.894. The van der Waals surface area contributed by atoms with Gasteiger partial charge in [-0.1, -0.05) is 17.7 Å². The average Bonchev–Trinajstić information content (AvgIpc) is 2.95. The molecule has 2 fully saturated rings. The summed E-state index contributed by atoms with van der Waals surface area (Å²) in [6.07, 6.45) is 1.86. The number of rotatable bonds is 3.